The lowest BCUT2D eigenvalue weighted by Gasteiger charge is -2.07. The van der Waals surface area contributed by atoms with Crippen LogP contribution in [0.3, 0.4) is 0 Å². The number of amides is 1. The number of carbonyl (C=O) groups is 1. The van der Waals surface area contributed by atoms with Crippen molar-refractivity contribution in [2.45, 2.75) is 6.54 Å². The summed E-state index contributed by atoms with van der Waals surface area (Å²) in [5.74, 6) is -0.388. The molecule has 3 aromatic rings. The quantitative estimate of drug-likeness (QED) is 0.792. The highest BCUT2D eigenvalue weighted by molar-refractivity contribution is 6.30. The minimum atomic E-state index is -0.586. The maximum atomic E-state index is 12.0. The summed E-state index contributed by atoms with van der Waals surface area (Å²) < 4.78 is 1.01. The Bertz CT molecular complexity index is 925. The first kappa shape index (κ1) is 15.9. The molecular weight excluding hydrogens is 328 g/mol. The summed E-state index contributed by atoms with van der Waals surface area (Å²) in [6.07, 6.45) is 1.46. The molecule has 1 heterocycles. The van der Waals surface area contributed by atoms with Gasteiger partial charge in [-0.3, -0.25) is 4.79 Å². The molecule has 1 amide bonds. The van der Waals surface area contributed by atoms with Crippen molar-refractivity contribution >= 4 is 23.2 Å². The van der Waals surface area contributed by atoms with Gasteiger partial charge in [0.15, 0.2) is 0 Å². The zero-order chi connectivity index (χ0) is 16.9. The Morgan fingerprint density at radius 2 is 1.92 bits per heavy atom. The molecule has 120 valence electrons. The number of nitrogens with zero attached hydrogens (tertiary/aromatic N) is 3. The predicted octanol–water partition coefficient (Wildman–Crippen LogP) is 2.60. The first-order valence-corrected chi connectivity index (χ1v) is 7.54. The monoisotopic (exact) mass is 340 g/mol. The van der Waals surface area contributed by atoms with Gasteiger partial charge in [-0.05, 0) is 18.2 Å². The molecule has 3 rings (SSSR count). The van der Waals surface area contributed by atoms with Gasteiger partial charge in [-0.25, -0.2) is 9.48 Å². The fourth-order valence-corrected chi connectivity index (χ4v) is 2.31. The van der Waals surface area contributed by atoms with E-state index in [1.54, 1.807) is 24.3 Å². The molecule has 0 atom stereocenters. The van der Waals surface area contributed by atoms with Crippen LogP contribution in [0, 0.1) is 0 Å². The van der Waals surface area contributed by atoms with Crippen LogP contribution >= 0.6 is 11.6 Å². The van der Waals surface area contributed by atoms with Crippen LogP contribution in [0.5, 0.6) is 0 Å². The van der Waals surface area contributed by atoms with Crippen LogP contribution in [0.1, 0.15) is 0 Å². The number of rotatable bonds is 4. The predicted molar refractivity (Wildman–Crippen MR) is 91.8 cm³/mol. The molecule has 1 N–H and O–H groups in total. The minimum absolute atomic E-state index is 0.229. The van der Waals surface area contributed by atoms with Crippen LogP contribution in [0.2, 0.25) is 5.02 Å². The standard InChI is InChI=1S/C17H13ClN4O2/c18-13-7-4-8-14(9-13)20-16(23)11-22-17(24)21-15(10-19-22)12-5-2-1-3-6-12/h1-10H,11H2,(H,20,23). The molecular formula is C17H13ClN4O2. The highest BCUT2D eigenvalue weighted by Crippen LogP contribution is 2.15. The number of benzene rings is 2. The third kappa shape index (κ3) is 3.85. The topological polar surface area (TPSA) is 76.9 Å². The molecule has 0 unspecified atom stereocenters. The number of carbonyl (C=O) groups excluding carboxylic acids is 1. The van der Waals surface area contributed by atoms with Gasteiger partial charge < -0.3 is 5.32 Å². The fourth-order valence-electron chi connectivity index (χ4n) is 2.12. The highest BCUT2D eigenvalue weighted by atomic mass is 35.5. The van der Waals surface area contributed by atoms with Crippen LogP contribution in [0.4, 0.5) is 5.69 Å². The van der Waals surface area contributed by atoms with Gasteiger partial charge in [0.1, 0.15) is 6.54 Å². The average Bonchev–Trinajstić information content (AvgIpc) is 2.57. The van der Waals surface area contributed by atoms with Gasteiger partial charge in [-0.2, -0.15) is 10.1 Å². The summed E-state index contributed by atoms with van der Waals surface area (Å²) in [4.78, 5) is 28.0. The second-order valence-electron chi connectivity index (χ2n) is 5.01. The summed E-state index contributed by atoms with van der Waals surface area (Å²) in [6, 6.07) is 16.0. The Hall–Kier alpha value is -2.99. The molecule has 0 bridgehead atoms. The lowest BCUT2D eigenvalue weighted by atomic mass is 10.2. The molecule has 6 nitrogen and oxygen atoms in total. The van der Waals surface area contributed by atoms with Crippen molar-refractivity contribution in [1.82, 2.24) is 14.8 Å². The van der Waals surface area contributed by atoms with Gasteiger partial charge in [-0.15, -0.1) is 0 Å². The maximum absolute atomic E-state index is 12.0. The van der Waals surface area contributed by atoms with Gasteiger partial charge >= 0.3 is 5.69 Å². The smallest absolute Gasteiger partial charge is 0.324 e. The molecule has 0 saturated heterocycles. The van der Waals surface area contributed by atoms with E-state index in [1.165, 1.54) is 6.20 Å². The van der Waals surface area contributed by atoms with Crippen LogP contribution in [0.25, 0.3) is 11.3 Å². The van der Waals surface area contributed by atoms with Crippen molar-refractivity contribution in [2.75, 3.05) is 5.32 Å². The number of nitrogens with one attached hydrogen (secondary N) is 1. The van der Waals surface area contributed by atoms with Crippen LogP contribution < -0.4 is 11.0 Å². The molecule has 0 aliphatic rings. The summed E-state index contributed by atoms with van der Waals surface area (Å²) >= 11 is 5.86. The largest absolute Gasteiger partial charge is 0.365 e. The Morgan fingerprint density at radius 1 is 1.12 bits per heavy atom. The number of hydrogen-bond acceptors (Lipinski definition) is 4. The molecule has 0 aliphatic carbocycles. The average molecular weight is 341 g/mol. The fraction of sp³-hybridized carbons (Fsp3) is 0.0588. The van der Waals surface area contributed by atoms with E-state index in [0.29, 0.717) is 16.4 Å². The summed E-state index contributed by atoms with van der Waals surface area (Å²) in [5, 5.41) is 7.17. The molecule has 2 aromatic carbocycles. The van der Waals surface area contributed by atoms with Crippen molar-refractivity contribution in [3.05, 3.63) is 76.3 Å². The van der Waals surface area contributed by atoms with E-state index in [1.807, 2.05) is 30.3 Å². The Labute approximate surface area is 142 Å². The third-order valence-corrected chi connectivity index (χ3v) is 3.46. The Balaban J connectivity index is 1.74. The number of aromatic nitrogens is 3. The molecule has 0 aliphatic heterocycles. The van der Waals surface area contributed by atoms with E-state index in [0.717, 1.165) is 10.2 Å². The van der Waals surface area contributed by atoms with Crippen molar-refractivity contribution in [1.29, 1.82) is 0 Å². The molecule has 0 fully saturated rings. The van der Waals surface area contributed by atoms with Gasteiger partial charge in [-0.1, -0.05) is 48.0 Å². The van der Waals surface area contributed by atoms with Gasteiger partial charge in [0, 0.05) is 16.3 Å². The number of anilines is 1. The van der Waals surface area contributed by atoms with E-state index >= 15 is 0 Å². The summed E-state index contributed by atoms with van der Waals surface area (Å²) in [5.41, 5.74) is 1.22. The van der Waals surface area contributed by atoms with Crippen molar-refractivity contribution < 1.29 is 4.79 Å². The van der Waals surface area contributed by atoms with Crippen LogP contribution in [0.15, 0.2) is 65.6 Å². The van der Waals surface area contributed by atoms with Gasteiger partial charge in [0.25, 0.3) is 0 Å². The number of halogens is 1. The lowest BCUT2D eigenvalue weighted by Crippen LogP contribution is -2.31. The minimum Gasteiger partial charge on any atom is -0.324 e. The molecule has 1 aromatic heterocycles. The van der Waals surface area contributed by atoms with Crippen molar-refractivity contribution in [2.24, 2.45) is 0 Å². The maximum Gasteiger partial charge on any atom is 0.365 e. The summed E-state index contributed by atoms with van der Waals surface area (Å²) in [6.45, 7) is -0.229. The van der Waals surface area contributed by atoms with Crippen molar-refractivity contribution in [3.63, 3.8) is 0 Å². The Kier molecular flexibility index (Phi) is 4.67. The van der Waals surface area contributed by atoms with E-state index in [4.69, 9.17) is 11.6 Å². The van der Waals surface area contributed by atoms with Gasteiger partial charge in [0.05, 0.1) is 11.9 Å². The lowest BCUT2D eigenvalue weighted by molar-refractivity contribution is -0.117. The van der Waals surface area contributed by atoms with E-state index in [9.17, 15) is 9.59 Å². The second kappa shape index (κ2) is 7.06. The first-order chi connectivity index (χ1) is 11.6. The molecule has 0 radical (unpaired) electrons. The van der Waals surface area contributed by atoms with E-state index in [-0.39, 0.29) is 12.5 Å². The number of hydrogen-bond donors (Lipinski definition) is 1. The summed E-state index contributed by atoms with van der Waals surface area (Å²) in [7, 11) is 0. The highest BCUT2D eigenvalue weighted by Gasteiger charge is 2.09. The molecule has 7 heteroatoms. The third-order valence-electron chi connectivity index (χ3n) is 3.23. The SMILES string of the molecule is O=C(Cn1ncc(-c2ccccc2)nc1=O)Nc1cccc(Cl)c1. The molecule has 24 heavy (non-hydrogen) atoms. The van der Waals surface area contributed by atoms with Crippen LogP contribution in [-0.4, -0.2) is 20.7 Å². The normalized spacial score (nSPS) is 10.4. The zero-order valence-corrected chi connectivity index (χ0v) is 13.3. The Morgan fingerprint density at radius 3 is 2.62 bits per heavy atom. The van der Waals surface area contributed by atoms with Crippen LogP contribution in [-0.2, 0) is 11.3 Å². The van der Waals surface area contributed by atoms with E-state index in [2.05, 4.69) is 15.4 Å². The second-order valence-corrected chi connectivity index (χ2v) is 5.44. The van der Waals surface area contributed by atoms with E-state index < -0.39 is 5.69 Å². The zero-order valence-electron chi connectivity index (χ0n) is 12.5. The molecule has 0 saturated carbocycles. The van der Waals surface area contributed by atoms with Gasteiger partial charge in [0.2, 0.25) is 5.91 Å². The van der Waals surface area contributed by atoms with Crippen molar-refractivity contribution in [3.8, 4) is 11.3 Å². The first-order valence-electron chi connectivity index (χ1n) is 7.17. The molecule has 0 spiro atoms.